The number of nitrogens with one attached hydrogen (secondary N) is 1. The standard InChI is InChI=1S/C18H19N3O4/c1-25-16-9-8-13(12-15(16)20-10-4-3-7-17(20)22)19-18(23)14-6-2-5-11-21(14)24/h2,5-6,8-9,11-12H,3-4,7,10H2,1H3,(H,19,23). The highest BCUT2D eigenvalue weighted by atomic mass is 16.5. The van der Waals surface area contributed by atoms with Crippen LogP contribution >= 0.6 is 0 Å². The van der Waals surface area contributed by atoms with Gasteiger partial charge in [-0.3, -0.25) is 9.59 Å². The molecule has 2 aromatic rings. The lowest BCUT2D eigenvalue weighted by Gasteiger charge is -2.28. The van der Waals surface area contributed by atoms with Crippen molar-refractivity contribution in [2.45, 2.75) is 19.3 Å². The molecule has 130 valence electrons. The minimum absolute atomic E-state index is 0.00563. The first kappa shape index (κ1) is 16.8. The van der Waals surface area contributed by atoms with Crippen molar-refractivity contribution in [1.29, 1.82) is 0 Å². The van der Waals surface area contributed by atoms with E-state index >= 15 is 0 Å². The van der Waals surface area contributed by atoms with Gasteiger partial charge in [0.1, 0.15) is 5.75 Å². The number of benzene rings is 1. The molecule has 0 saturated carbocycles. The van der Waals surface area contributed by atoms with Gasteiger partial charge in [-0.1, -0.05) is 0 Å². The number of carbonyl (C=O) groups excluding carboxylic acids is 2. The van der Waals surface area contributed by atoms with E-state index in [1.807, 2.05) is 0 Å². The molecule has 2 amide bonds. The van der Waals surface area contributed by atoms with Gasteiger partial charge >= 0.3 is 5.91 Å². The molecule has 1 fully saturated rings. The Morgan fingerprint density at radius 2 is 2.12 bits per heavy atom. The summed E-state index contributed by atoms with van der Waals surface area (Å²) in [6.45, 7) is 0.617. The van der Waals surface area contributed by atoms with Crippen LogP contribution < -0.4 is 19.7 Å². The smallest absolute Gasteiger partial charge is 0.321 e. The number of carbonyl (C=O) groups is 2. The Labute approximate surface area is 145 Å². The molecule has 1 N–H and O–H groups in total. The number of rotatable bonds is 4. The van der Waals surface area contributed by atoms with Gasteiger partial charge in [0.05, 0.1) is 12.8 Å². The maximum atomic E-state index is 12.3. The molecular weight excluding hydrogens is 322 g/mol. The van der Waals surface area contributed by atoms with Crippen LogP contribution in [-0.2, 0) is 4.79 Å². The van der Waals surface area contributed by atoms with E-state index in [-0.39, 0.29) is 11.6 Å². The van der Waals surface area contributed by atoms with Gasteiger partial charge in [-0.15, -0.1) is 0 Å². The Hall–Kier alpha value is -3.09. The normalized spacial score (nSPS) is 14.3. The summed E-state index contributed by atoms with van der Waals surface area (Å²) in [6, 6.07) is 9.68. The highest BCUT2D eigenvalue weighted by molar-refractivity contribution is 6.03. The van der Waals surface area contributed by atoms with Crippen molar-refractivity contribution in [3.05, 3.63) is 53.5 Å². The van der Waals surface area contributed by atoms with Crippen LogP contribution in [0.2, 0.25) is 0 Å². The molecule has 2 heterocycles. The van der Waals surface area contributed by atoms with Crippen LogP contribution in [-0.4, -0.2) is 25.5 Å². The summed E-state index contributed by atoms with van der Waals surface area (Å²) in [5.74, 6) is 0.0806. The van der Waals surface area contributed by atoms with Crippen molar-refractivity contribution in [1.82, 2.24) is 0 Å². The highest BCUT2D eigenvalue weighted by Crippen LogP contribution is 2.33. The third kappa shape index (κ3) is 3.55. The van der Waals surface area contributed by atoms with Crippen molar-refractivity contribution < 1.29 is 19.1 Å². The number of hydrogen-bond acceptors (Lipinski definition) is 4. The third-order valence-corrected chi connectivity index (χ3v) is 4.11. The fraction of sp³-hybridized carbons (Fsp3) is 0.278. The highest BCUT2D eigenvalue weighted by Gasteiger charge is 2.23. The topological polar surface area (TPSA) is 85.6 Å². The molecular formula is C18H19N3O4. The molecule has 0 atom stereocenters. The molecule has 1 aromatic carbocycles. The monoisotopic (exact) mass is 341 g/mol. The zero-order valence-corrected chi connectivity index (χ0v) is 13.9. The number of amides is 2. The third-order valence-electron chi connectivity index (χ3n) is 4.11. The lowest BCUT2D eigenvalue weighted by molar-refractivity contribution is -0.607. The predicted octanol–water partition coefficient (Wildman–Crippen LogP) is 2.10. The summed E-state index contributed by atoms with van der Waals surface area (Å²) in [5.41, 5.74) is 1.10. The molecule has 1 aliphatic rings. The zero-order chi connectivity index (χ0) is 17.8. The Morgan fingerprint density at radius 1 is 1.28 bits per heavy atom. The van der Waals surface area contributed by atoms with E-state index in [1.165, 1.54) is 19.4 Å². The Morgan fingerprint density at radius 3 is 2.84 bits per heavy atom. The van der Waals surface area contributed by atoms with E-state index in [0.29, 0.717) is 34.8 Å². The van der Waals surface area contributed by atoms with Crippen molar-refractivity contribution in [3.8, 4) is 5.75 Å². The number of methoxy groups -OCH3 is 1. The Kier molecular flexibility index (Phi) is 4.83. The lowest BCUT2D eigenvalue weighted by atomic mass is 10.1. The second kappa shape index (κ2) is 7.21. The summed E-state index contributed by atoms with van der Waals surface area (Å²) in [4.78, 5) is 26.2. The predicted molar refractivity (Wildman–Crippen MR) is 92.6 cm³/mol. The summed E-state index contributed by atoms with van der Waals surface area (Å²) in [7, 11) is 1.54. The van der Waals surface area contributed by atoms with E-state index in [9.17, 15) is 14.8 Å². The van der Waals surface area contributed by atoms with Crippen molar-refractivity contribution in [2.24, 2.45) is 0 Å². The summed E-state index contributed by atoms with van der Waals surface area (Å²) < 4.78 is 5.86. The molecule has 1 aromatic heterocycles. The molecule has 0 unspecified atom stereocenters. The minimum atomic E-state index is -0.517. The first-order valence-corrected chi connectivity index (χ1v) is 8.08. The molecule has 25 heavy (non-hydrogen) atoms. The number of piperidine rings is 1. The fourth-order valence-electron chi connectivity index (χ4n) is 2.84. The van der Waals surface area contributed by atoms with E-state index < -0.39 is 5.91 Å². The summed E-state index contributed by atoms with van der Waals surface area (Å²) in [5, 5.41) is 14.4. The first-order valence-electron chi connectivity index (χ1n) is 8.08. The van der Waals surface area contributed by atoms with Crippen LogP contribution in [0, 0.1) is 5.21 Å². The number of aromatic nitrogens is 1. The summed E-state index contributed by atoms with van der Waals surface area (Å²) >= 11 is 0. The number of hydrogen-bond donors (Lipinski definition) is 1. The van der Waals surface area contributed by atoms with Gasteiger partial charge in [-0.25, -0.2) is 0 Å². The zero-order valence-electron chi connectivity index (χ0n) is 13.9. The molecule has 0 bridgehead atoms. The van der Waals surface area contributed by atoms with Gasteiger partial charge in [-0.2, -0.15) is 4.73 Å². The van der Waals surface area contributed by atoms with Crippen molar-refractivity contribution in [3.63, 3.8) is 0 Å². The Bertz CT molecular complexity index is 807. The van der Waals surface area contributed by atoms with Crippen LogP contribution in [0.4, 0.5) is 11.4 Å². The molecule has 1 saturated heterocycles. The van der Waals surface area contributed by atoms with Gasteiger partial charge in [0.2, 0.25) is 5.91 Å². The minimum Gasteiger partial charge on any atom is -0.618 e. The fourth-order valence-corrected chi connectivity index (χ4v) is 2.84. The Balaban J connectivity index is 1.88. The van der Waals surface area contributed by atoms with E-state index in [4.69, 9.17) is 4.74 Å². The van der Waals surface area contributed by atoms with Crippen molar-refractivity contribution >= 4 is 23.2 Å². The maximum absolute atomic E-state index is 12.3. The quantitative estimate of drug-likeness (QED) is 0.682. The first-order chi connectivity index (χ1) is 12.1. The molecule has 0 radical (unpaired) electrons. The van der Waals surface area contributed by atoms with Crippen LogP contribution in [0.5, 0.6) is 5.75 Å². The molecule has 3 rings (SSSR count). The van der Waals surface area contributed by atoms with Gasteiger partial charge in [0.25, 0.3) is 5.69 Å². The van der Waals surface area contributed by atoms with Crippen LogP contribution in [0.15, 0.2) is 42.6 Å². The molecule has 1 aliphatic heterocycles. The van der Waals surface area contributed by atoms with Gasteiger partial charge in [0, 0.05) is 30.8 Å². The van der Waals surface area contributed by atoms with E-state index in [1.54, 1.807) is 35.2 Å². The molecule has 0 aliphatic carbocycles. The van der Waals surface area contributed by atoms with Crippen LogP contribution in [0.1, 0.15) is 29.8 Å². The van der Waals surface area contributed by atoms with Crippen LogP contribution in [0.25, 0.3) is 0 Å². The average molecular weight is 341 g/mol. The lowest BCUT2D eigenvalue weighted by Crippen LogP contribution is -2.36. The second-order valence-corrected chi connectivity index (χ2v) is 5.75. The summed E-state index contributed by atoms with van der Waals surface area (Å²) in [6.07, 6.45) is 3.57. The average Bonchev–Trinajstić information content (AvgIpc) is 2.62. The van der Waals surface area contributed by atoms with Gasteiger partial charge < -0.3 is 20.2 Å². The number of anilines is 2. The second-order valence-electron chi connectivity index (χ2n) is 5.75. The van der Waals surface area contributed by atoms with Crippen molar-refractivity contribution in [2.75, 3.05) is 23.9 Å². The molecule has 0 spiro atoms. The number of nitrogens with zero attached hydrogens (tertiary/aromatic N) is 2. The van der Waals surface area contributed by atoms with E-state index in [2.05, 4.69) is 5.32 Å². The van der Waals surface area contributed by atoms with Gasteiger partial charge in [0.15, 0.2) is 6.20 Å². The van der Waals surface area contributed by atoms with Gasteiger partial charge in [-0.05, 0) is 37.1 Å². The maximum Gasteiger partial charge on any atom is 0.321 e. The number of pyridine rings is 1. The molecule has 7 nitrogen and oxygen atoms in total. The molecule has 7 heteroatoms. The van der Waals surface area contributed by atoms with E-state index in [0.717, 1.165) is 12.8 Å². The largest absolute Gasteiger partial charge is 0.618 e. The number of ether oxygens (including phenoxy) is 1. The van der Waals surface area contributed by atoms with Crippen LogP contribution in [0.3, 0.4) is 0 Å². The SMILES string of the molecule is COc1ccc(NC(=O)c2cccc[n+]2[O-])cc1N1CCCCC1=O.